The van der Waals surface area contributed by atoms with Gasteiger partial charge < -0.3 is 15.3 Å². The van der Waals surface area contributed by atoms with Gasteiger partial charge in [-0.1, -0.05) is 20.8 Å². The molecule has 7 heteroatoms. The van der Waals surface area contributed by atoms with Crippen molar-refractivity contribution in [1.82, 2.24) is 15.2 Å². The number of amides is 2. The minimum absolute atomic E-state index is 0.00268. The normalized spacial score (nSPS) is 32.8. The highest BCUT2D eigenvalue weighted by molar-refractivity contribution is 5.94. The third-order valence-electron chi connectivity index (χ3n) is 8.11. The van der Waals surface area contributed by atoms with E-state index in [1.807, 2.05) is 6.92 Å². The van der Waals surface area contributed by atoms with Gasteiger partial charge in [0.15, 0.2) is 0 Å². The van der Waals surface area contributed by atoms with Crippen molar-refractivity contribution in [2.75, 3.05) is 13.6 Å². The molecule has 7 atom stereocenters. The highest BCUT2D eigenvalue weighted by Gasteiger charge is 2.54. The molecule has 32 heavy (non-hydrogen) atoms. The average molecular weight is 441 g/mol. The number of hydrogen-bond donors (Lipinski definition) is 2. The fourth-order valence-electron chi connectivity index (χ4n) is 6.11. The molecular formula is C25H36N4O3. The smallest absolute Gasteiger partial charge is 0.251 e. The monoisotopic (exact) mass is 440 g/mol. The van der Waals surface area contributed by atoms with Crippen LogP contribution in [0.15, 0.2) is 24.5 Å². The van der Waals surface area contributed by atoms with Crippen molar-refractivity contribution in [1.29, 1.82) is 5.26 Å². The summed E-state index contributed by atoms with van der Waals surface area (Å²) in [6.07, 6.45) is 6.52. The first-order valence-electron chi connectivity index (χ1n) is 11.7. The molecule has 3 rings (SSSR count). The summed E-state index contributed by atoms with van der Waals surface area (Å²) in [5.74, 6) is -0.455. The van der Waals surface area contributed by atoms with Crippen LogP contribution in [0.3, 0.4) is 0 Å². The Morgan fingerprint density at radius 2 is 2.00 bits per heavy atom. The van der Waals surface area contributed by atoms with Gasteiger partial charge in [0.2, 0.25) is 5.91 Å². The van der Waals surface area contributed by atoms with Crippen molar-refractivity contribution >= 4 is 11.8 Å². The maximum absolute atomic E-state index is 12.9. The second-order valence-corrected chi connectivity index (χ2v) is 10.0. The van der Waals surface area contributed by atoms with Crippen LogP contribution in [-0.2, 0) is 4.79 Å². The summed E-state index contributed by atoms with van der Waals surface area (Å²) in [5.41, 5.74) is 0.588. The van der Waals surface area contributed by atoms with Crippen molar-refractivity contribution in [3.8, 4) is 6.07 Å². The molecule has 7 nitrogen and oxygen atoms in total. The van der Waals surface area contributed by atoms with Crippen molar-refractivity contribution in [2.24, 2.45) is 29.1 Å². The van der Waals surface area contributed by atoms with Crippen LogP contribution in [-0.4, -0.2) is 52.5 Å². The van der Waals surface area contributed by atoms with E-state index in [0.717, 1.165) is 25.7 Å². The zero-order chi connectivity index (χ0) is 23.5. The molecule has 0 radical (unpaired) electrons. The third kappa shape index (κ3) is 4.80. The van der Waals surface area contributed by atoms with Gasteiger partial charge in [0, 0.05) is 43.5 Å². The Bertz CT molecular complexity index is 854. The van der Waals surface area contributed by atoms with Crippen molar-refractivity contribution < 1.29 is 14.7 Å². The van der Waals surface area contributed by atoms with E-state index in [-0.39, 0.29) is 46.9 Å². The SMILES string of the molecule is C[C@H]1[C@@H]2[C@@H](O)C([C@H](C)C(=O)N(C)CCC#N)CC[C@@]2(C)CC[C@@H]1NC(=O)c1ccncc1. The maximum Gasteiger partial charge on any atom is 0.251 e. The average Bonchev–Trinajstić information content (AvgIpc) is 2.79. The molecule has 0 bridgehead atoms. The molecule has 2 aliphatic carbocycles. The van der Waals surface area contributed by atoms with E-state index in [9.17, 15) is 14.7 Å². The van der Waals surface area contributed by atoms with E-state index < -0.39 is 6.10 Å². The fraction of sp³-hybridized carbons (Fsp3) is 0.680. The molecule has 2 fully saturated rings. The second kappa shape index (κ2) is 9.99. The standard InChI is InChI=1S/C25H36N4O3/c1-16(24(32)29(4)15-5-12-26)19-6-10-25(3)11-7-20(17(2)21(25)22(19)30)28-23(31)18-8-13-27-14-9-18/h8-9,13-14,16-17,19-22,30H,5-7,10-11,15H2,1-4H3,(H,28,31)/t16-,17+,19?,20-,21+,22-,25-/m0/s1. The van der Waals surface area contributed by atoms with Crippen LogP contribution in [0.4, 0.5) is 0 Å². The molecule has 2 N–H and O–H groups in total. The van der Waals surface area contributed by atoms with E-state index in [2.05, 4.69) is 30.2 Å². The summed E-state index contributed by atoms with van der Waals surface area (Å²) in [7, 11) is 1.73. The van der Waals surface area contributed by atoms with E-state index in [1.54, 1.807) is 36.5 Å². The molecular weight excluding hydrogens is 404 g/mol. The number of carbonyl (C=O) groups excluding carboxylic acids is 2. The Labute approximate surface area is 191 Å². The van der Waals surface area contributed by atoms with Gasteiger partial charge in [0.1, 0.15) is 0 Å². The maximum atomic E-state index is 12.9. The molecule has 2 amide bonds. The first-order valence-corrected chi connectivity index (χ1v) is 11.7. The number of nitrogens with one attached hydrogen (secondary N) is 1. The van der Waals surface area contributed by atoms with Crippen molar-refractivity contribution in [2.45, 2.75) is 65.0 Å². The number of hydrogen-bond acceptors (Lipinski definition) is 5. The van der Waals surface area contributed by atoms with Crippen LogP contribution in [0.2, 0.25) is 0 Å². The molecule has 0 spiro atoms. The minimum Gasteiger partial charge on any atom is -0.392 e. The molecule has 1 aromatic rings. The molecule has 174 valence electrons. The number of nitriles is 1. The third-order valence-corrected chi connectivity index (χ3v) is 8.11. The van der Waals surface area contributed by atoms with Gasteiger partial charge in [-0.15, -0.1) is 0 Å². The quantitative estimate of drug-likeness (QED) is 0.707. The lowest BCUT2D eigenvalue weighted by Gasteiger charge is -2.56. The number of aliphatic hydroxyl groups is 1. The Kier molecular flexibility index (Phi) is 7.55. The van der Waals surface area contributed by atoms with Gasteiger partial charge >= 0.3 is 0 Å². The molecule has 2 saturated carbocycles. The molecule has 0 aromatic carbocycles. The zero-order valence-electron chi connectivity index (χ0n) is 19.6. The van der Waals surface area contributed by atoms with Gasteiger partial charge in [-0.25, -0.2) is 0 Å². The lowest BCUT2D eigenvalue weighted by Crippen LogP contribution is -2.58. The number of aromatic nitrogens is 1. The summed E-state index contributed by atoms with van der Waals surface area (Å²) in [6, 6.07) is 5.46. The fourth-order valence-corrected chi connectivity index (χ4v) is 6.11. The summed E-state index contributed by atoms with van der Waals surface area (Å²) in [5, 5.41) is 23.5. The topological polar surface area (TPSA) is 106 Å². The number of pyridine rings is 1. The Hall–Kier alpha value is -2.46. The van der Waals surface area contributed by atoms with Crippen LogP contribution >= 0.6 is 0 Å². The van der Waals surface area contributed by atoms with Gasteiger partial charge in [0.25, 0.3) is 5.91 Å². The summed E-state index contributed by atoms with van der Waals surface area (Å²) in [6.45, 7) is 6.68. The van der Waals surface area contributed by atoms with Gasteiger partial charge in [-0.3, -0.25) is 14.6 Å². The Morgan fingerprint density at radius 3 is 2.66 bits per heavy atom. The molecule has 0 saturated heterocycles. The van der Waals surface area contributed by atoms with Crippen LogP contribution < -0.4 is 5.32 Å². The molecule has 0 aliphatic heterocycles. The van der Waals surface area contributed by atoms with Crippen molar-refractivity contribution in [3.63, 3.8) is 0 Å². The van der Waals surface area contributed by atoms with Crippen LogP contribution in [0.25, 0.3) is 0 Å². The van der Waals surface area contributed by atoms with Crippen LogP contribution in [0, 0.1) is 40.4 Å². The molecule has 1 unspecified atom stereocenters. The Balaban J connectivity index is 1.73. The Morgan fingerprint density at radius 1 is 1.34 bits per heavy atom. The minimum atomic E-state index is -0.604. The van der Waals surface area contributed by atoms with E-state index in [0.29, 0.717) is 18.5 Å². The van der Waals surface area contributed by atoms with Gasteiger partial charge in [-0.05, 0) is 61.0 Å². The first-order chi connectivity index (χ1) is 15.2. The predicted octanol–water partition coefficient (Wildman–Crippen LogP) is 3.01. The lowest BCUT2D eigenvalue weighted by atomic mass is 9.51. The molecule has 1 heterocycles. The number of aliphatic hydroxyl groups excluding tert-OH is 1. The van der Waals surface area contributed by atoms with E-state index in [4.69, 9.17) is 5.26 Å². The van der Waals surface area contributed by atoms with Gasteiger partial charge in [0.05, 0.1) is 18.6 Å². The predicted molar refractivity (Wildman–Crippen MR) is 121 cm³/mol. The molecule has 1 aromatic heterocycles. The van der Waals surface area contributed by atoms with Gasteiger partial charge in [-0.2, -0.15) is 5.26 Å². The van der Waals surface area contributed by atoms with Crippen LogP contribution in [0.1, 0.15) is 63.2 Å². The van der Waals surface area contributed by atoms with E-state index in [1.165, 1.54) is 0 Å². The van der Waals surface area contributed by atoms with Crippen molar-refractivity contribution in [3.05, 3.63) is 30.1 Å². The lowest BCUT2D eigenvalue weighted by molar-refractivity contribution is -0.149. The summed E-state index contributed by atoms with van der Waals surface area (Å²) >= 11 is 0. The summed E-state index contributed by atoms with van der Waals surface area (Å²) in [4.78, 5) is 31.2. The summed E-state index contributed by atoms with van der Waals surface area (Å²) < 4.78 is 0. The molecule has 2 aliphatic rings. The number of nitrogens with zero attached hydrogens (tertiary/aromatic N) is 3. The second-order valence-electron chi connectivity index (χ2n) is 10.0. The zero-order valence-corrected chi connectivity index (χ0v) is 19.6. The number of carbonyl (C=O) groups is 2. The van der Waals surface area contributed by atoms with E-state index >= 15 is 0 Å². The highest BCUT2D eigenvalue weighted by atomic mass is 16.3. The largest absolute Gasteiger partial charge is 0.392 e. The van der Waals surface area contributed by atoms with Crippen LogP contribution in [0.5, 0.6) is 0 Å². The first kappa shape index (κ1) is 24.2. The number of fused-ring (bicyclic) bond motifs is 1. The highest BCUT2D eigenvalue weighted by Crippen LogP contribution is 2.55. The number of rotatable bonds is 6.